The molecule has 1 aliphatic heterocycles. The van der Waals surface area contributed by atoms with Gasteiger partial charge in [-0.1, -0.05) is 6.92 Å². The molecule has 0 unspecified atom stereocenters. The lowest BCUT2D eigenvalue weighted by Gasteiger charge is -2.19. The van der Waals surface area contributed by atoms with Gasteiger partial charge >= 0.3 is 10.2 Å². The van der Waals surface area contributed by atoms with E-state index in [2.05, 4.69) is 4.72 Å². The lowest BCUT2D eigenvalue weighted by molar-refractivity contribution is 0.577. The molecule has 0 spiro atoms. The van der Waals surface area contributed by atoms with E-state index < -0.39 is 10.2 Å². The fourth-order valence-corrected chi connectivity index (χ4v) is 3.34. The number of anilines is 2. The zero-order chi connectivity index (χ0) is 12.5. The highest BCUT2D eigenvalue weighted by atomic mass is 32.2. The Kier molecular flexibility index (Phi) is 3.26. The maximum absolute atomic E-state index is 12.0. The summed E-state index contributed by atoms with van der Waals surface area (Å²) in [4.78, 5) is 0. The Labute approximate surface area is 102 Å². The minimum atomic E-state index is -3.41. The van der Waals surface area contributed by atoms with Crippen LogP contribution in [0.1, 0.15) is 18.9 Å². The van der Waals surface area contributed by atoms with E-state index >= 15 is 0 Å². The second-order valence-electron chi connectivity index (χ2n) is 4.11. The van der Waals surface area contributed by atoms with Crippen molar-refractivity contribution in [3.63, 3.8) is 0 Å². The number of fused-ring (bicyclic) bond motifs is 1. The highest BCUT2D eigenvalue weighted by Gasteiger charge is 2.28. The molecule has 0 radical (unpaired) electrons. The molecular weight excluding hydrogens is 238 g/mol. The Hall–Kier alpha value is -1.27. The van der Waals surface area contributed by atoms with Gasteiger partial charge in [0.1, 0.15) is 0 Å². The van der Waals surface area contributed by atoms with Gasteiger partial charge in [0.15, 0.2) is 0 Å². The van der Waals surface area contributed by atoms with E-state index in [0.29, 0.717) is 25.2 Å². The highest BCUT2D eigenvalue weighted by molar-refractivity contribution is 7.90. The van der Waals surface area contributed by atoms with E-state index in [-0.39, 0.29) is 0 Å². The molecule has 2 rings (SSSR count). The summed E-state index contributed by atoms with van der Waals surface area (Å²) in [5.41, 5.74) is 8.08. The van der Waals surface area contributed by atoms with E-state index in [0.717, 1.165) is 17.7 Å². The molecule has 0 fully saturated rings. The number of benzene rings is 1. The third kappa shape index (κ3) is 2.37. The zero-order valence-electron chi connectivity index (χ0n) is 9.81. The summed E-state index contributed by atoms with van der Waals surface area (Å²) in [5, 5.41) is 0. The van der Waals surface area contributed by atoms with Crippen LogP contribution in [-0.4, -0.2) is 21.5 Å². The van der Waals surface area contributed by atoms with Crippen LogP contribution in [0.25, 0.3) is 0 Å². The molecule has 0 saturated carbocycles. The van der Waals surface area contributed by atoms with Crippen molar-refractivity contribution in [1.82, 2.24) is 4.72 Å². The first-order valence-electron chi connectivity index (χ1n) is 5.70. The molecular formula is C11H17N3O2S. The van der Waals surface area contributed by atoms with Gasteiger partial charge in [-0.15, -0.1) is 0 Å². The van der Waals surface area contributed by atoms with E-state index in [1.807, 2.05) is 13.0 Å². The molecule has 0 aromatic heterocycles. The molecule has 0 aliphatic carbocycles. The van der Waals surface area contributed by atoms with Crippen molar-refractivity contribution in [1.29, 1.82) is 0 Å². The first kappa shape index (κ1) is 12.2. The fourth-order valence-electron chi connectivity index (χ4n) is 1.95. The Morgan fingerprint density at radius 1 is 1.47 bits per heavy atom. The minimum absolute atomic E-state index is 0.461. The van der Waals surface area contributed by atoms with Crippen LogP contribution in [-0.2, 0) is 16.6 Å². The van der Waals surface area contributed by atoms with Crippen molar-refractivity contribution in [3.8, 4) is 0 Å². The van der Waals surface area contributed by atoms with Gasteiger partial charge in [-0.25, -0.2) is 0 Å². The van der Waals surface area contributed by atoms with Crippen molar-refractivity contribution in [2.24, 2.45) is 0 Å². The predicted molar refractivity (Wildman–Crippen MR) is 69.1 cm³/mol. The Morgan fingerprint density at radius 3 is 2.94 bits per heavy atom. The maximum atomic E-state index is 12.0. The van der Waals surface area contributed by atoms with Gasteiger partial charge in [0, 0.05) is 18.8 Å². The molecule has 0 amide bonds. The van der Waals surface area contributed by atoms with E-state index in [4.69, 9.17) is 5.73 Å². The average molecular weight is 255 g/mol. The smallest absolute Gasteiger partial charge is 0.301 e. The third-order valence-electron chi connectivity index (χ3n) is 2.78. The largest absolute Gasteiger partial charge is 0.399 e. The van der Waals surface area contributed by atoms with Crippen LogP contribution in [0.2, 0.25) is 0 Å². The van der Waals surface area contributed by atoms with Crippen molar-refractivity contribution >= 4 is 21.6 Å². The van der Waals surface area contributed by atoms with Crippen molar-refractivity contribution in [2.45, 2.75) is 19.8 Å². The molecule has 94 valence electrons. The number of nitrogens with two attached hydrogens (primary N) is 1. The number of hydrogen-bond acceptors (Lipinski definition) is 3. The molecule has 0 bridgehead atoms. The zero-order valence-corrected chi connectivity index (χ0v) is 10.6. The number of rotatable bonds is 4. The van der Waals surface area contributed by atoms with Crippen molar-refractivity contribution in [3.05, 3.63) is 23.8 Å². The number of nitrogen functional groups attached to an aromatic ring is 1. The standard InChI is InChI=1S/C11H17N3O2S/c1-2-6-13-17(15,16)14-7-5-9-8-10(12)3-4-11(9)14/h3-4,8,13H,2,5-7,12H2,1H3. The number of nitrogens with zero attached hydrogens (tertiary/aromatic N) is 1. The normalized spacial score (nSPS) is 15.0. The van der Waals surface area contributed by atoms with Gasteiger partial charge in [0.2, 0.25) is 0 Å². The maximum Gasteiger partial charge on any atom is 0.301 e. The Morgan fingerprint density at radius 2 is 2.24 bits per heavy atom. The Bertz CT molecular complexity index is 513. The van der Waals surface area contributed by atoms with Gasteiger partial charge in [0.05, 0.1) is 5.69 Å². The molecule has 1 aromatic carbocycles. The van der Waals surface area contributed by atoms with Gasteiger partial charge < -0.3 is 5.73 Å². The summed E-state index contributed by atoms with van der Waals surface area (Å²) in [6.45, 7) is 2.88. The van der Waals surface area contributed by atoms with Gasteiger partial charge in [-0.05, 0) is 36.6 Å². The summed E-state index contributed by atoms with van der Waals surface area (Å²) >= 11 is 0. The van der Waals surface area contributed by atoms with E-state index in [9.17, 15) is 8.42 Å². The SMILES string of the molecule is CCCNS(=O)(=O)N1CCc2cc(N)ccc21. The van der Waals surface area contributed by atoms with Gasteiger partial charge in [0.25, 0.3) is 0 Å². The molecule has 5 nitrogen and oxygen atoms in total. The van der Waals surface area contributed by atoms with Crippen molar-refractivity contribution < 1.29 is 8.42 Å². The topological polar surface area (TPSA) is 75.4 Å². The van der Waals surface area contributed by atoms with Crippen LogP contribution in [0, 0.1) is 0 Å². The molecule has 1 aliphatic rings. The van der Waals surface area contributed by atoms with Crippen LogP contribution in [0.4, 0.5) is 11.4 Å². The molecule has 1 aromatic rings. The molecule has 6 heteroatoms. The predicted octanol–water partition coefficient (Wildman–Crippen LogP) is 0.876. The molecule has 3 N–H and O–H groups in total. The first-order chi connectivity index (χ1) is 8.04. The fraction of sp³-hybridized carbons (Fsp3) is 0.455. The first-order valence-corrected chi connectivity index (χ1v) is 7.14. The number of hydrogen-bond donors (Lipinski definition) is 2. The van der Waals surface area contributed by atoms with Crippen LogP contribution in [0.5, 0.6) is 0 Å². The van der Waals surface area contributed by atoms with Crippen LogP contribution >= 0.6 is 0 Å². The van der Waals surface area contributed by atoms with Crippen LogP contribution < -0.4 is 14.8 Å². The quantitative estimate of drug-likeness (QED) is 0.784. The summed E-state index contributed by atoms with van der Waals surface area (Å²) in [6.07, 6.45) is 1.50. The van der Waals surface area contributed by atoms with E-state index in [1.165, 1.54) is 4.31 Å². The van der Waals surface area contributed by atoms with Crippen LogP contribution in [0.15, 0.2) is 18.2 Å². The van der Waals surface area contributed by atoms with Crippen molar-refractivity contribution in [2.75, 3.05) is 23.1 Å². The second-order valence-corrected chi connectivity index (χ2v) is 5.79. The monoisotopic (exact) mass is 255 g/mol. The van der Waals surface area contributed by atoms with E-state index in [1.54, 1.807) is 12.1 Å². The summed E-state index contributed by atoms with van der Waals surface area (Å²) in [5.74, 6) is 0. The average Bonchev–Trinajstić information content (AvgIpc) is 2.69. The lowest BCUT2D eigenvalue weighted by Crippen LogP contribution is -2.40. The minimum Gasteiger partial charge on any atom is -0.399 e. The lowest BCUT2D eigenvalue weighted by atomic mass is 10.1. The summed E-state index contributed by atoms with van der Waals surface area (Å²) in [7, 11) is -3.41. The highest BCUT2D eigenvalue weighted by Crippen LogP contribution is 2.31. The molecule has 0 saturated heterocycles. The second kappa shape index (κ2) is 4.54. The molecule has 0 atom stereocenters. The summed E-state index contributed by atoms with van der Waals surface area (Å²) < 4.78 is 28.0. The molecule has 1 heterocycles. The third-order valence-corrected chi connectivity index (χ3v) is 4.31. The Balaban J connectivity index is 2.27. The molecule has 17 heavy (non-hydrogen) atoms. The summed E-state index contributed by atoms with van der Waals surface area (Å²) in [6, 6.07) is 5.33. The van der Waals surface area contributed by atoms with Gasteiger partial charge in [-0.2, -0.15) is 13.1 Å². The van der Waals surface area contributed by atoms with Crippen LogP contribution in [0.3, 0.4) is 0 Å². The number of nitrogens with one attached hydrogen (secondary N) is 1. The van der Waals surface area contributed by atoms with Gasteiger partial charge in [-0.3, -0.25) is 4.31 Å².